The molecule has 0 saturated carbocycles. The molecule has 230 valence electrons. The smallest absolute Gasteiger partial charge is 0.393 e. The predicted molar refractivity (Wildman–Crippen MR) is 170 cm³/mol. The maximum absolute atomic E-state index is 14.1. The lowest BCUT2D eigenvalue weighted by molar-refractivity contribution is -0.127. The Kier molecular flexibility index (Phi) is 11.1. The topological polar surface area (TPSA) is 88.7 Å². The maximum Gasteiger partial charge on any atom is 0.393 e. The van der Waals surface area contributed by atoms with Gasteiger partial charge in [-0.15, -0.1) is 0 Å². The minimum Gasteiger partial charge on any atom is -0.439 e. The summed E-state index contributed by atoms with van der Waals surface area (Å²) in [5.74, 6) is 1.07. The normalized spacial score (nSPS) is 15.4. The van der Waals surface area contributed by atoms with Crippen LogP contribution in [0, 0.1) is 5.92 Å². The van der Waals surface area contributed by atoms with Gasteiger partial charge in [-0.1, -0.05) is 50.2 Å². The Morgan fingerprint density at radius 1 is 1.14 bits per heavy atom. The Morgan fingerprint density at radius 2 is 1.84 bits per heavy atom. The summed E-state index contributed by atoms with van der Waals surface area (Å²) in [4.78, 5) is 15.9. The van der Waals surface area contributed by atoms with Gasteiger partial charge in [0.2, 0.25) is 11.8 Å². The first-order valence-corrected chi connectivity index (χ1v) is 15.2. The van der Waals surface area contributed by atoms with E-state index < -0.39 is 12.6 Å². The molecule has 1 saturated heterocycles. The molecule has 0 atom stereocenters. The Bertz CT molecular complexity index is 1420. The van der Waals surface area contributed by atoms with Crippen LogP contribution in [0.4, 0.5) is 19.1 Å². The second kappa shape index (κ2) is 14.7. The van der Waals surface area contributed by atoms with Crippen molar-refractivity contribution in [3.05, 3.63) is 76.3 Å². The van der Waals surface area contributed by atoms with Crippen molar-refractivity contribution in [3.63, 3.8) is 0 Å². The summed E-state index contributed by atoms with van der Waals surface area (Å²) in [7, 11) is 3.73. The third-order valence-corrected chi connectivity index (χ3v) is 7.97. The Hall–Kier alpha value is -3.57. The maximum atomic E-state index is 14.1. The highest BCUT2D eigenvalue weighted by atomic mass is 32.2. The third kappa shape index (κ3) is 9.21. The molecule has 3 N–H and O–H groups in total. The van der Waals surface area contributed by atoms with Gasteiger partial charge in [0.1, 0.15) is 5.75 Å². The van der Waals surface area contributed by atoms with E-state index in [4.69, 9.17) is 10.5 Å². The van der Waals surface area contributed by atoms with Gasteiger partial charge in [-0.2, -0.15) is 18.2 Å². The average Bonchev–Trinajstić information content (AvgIpc) is 2.96. The van der Waals surface area contributed by atoms with Crippen molar-refractivity contribution in [1.29, 1.82) is 0 Å². The van der Waals surface area contributed by atoms with E-state index in [0.29, 0.717) is 28.6 Å². The summed E-state index contributed by atoms with van der Waals surface area (Å²) in [6.45, 7) is 6.20. The van der Waals surface area contributed by atoms with Crippen molar-refractivity contribution in [2.75, 3.05) is 31.9 Å². The molecule has 0 aliphatic carbocycles. The standard InChI is InChI=1S/C32H39F3N6OS/c1-21(2)17-24-7-5-6-8-27(24)29-28(18-32(33,34)35)30(39-31(38-29)40-43-26(19-36)20-37-3)42-25-11-9-22(10-12-25)23-13-15-41(4)16-14-23/h5-12,19-21,23H,13-18,36H2,1-4H3,(H,38,39,40). The molecule has 1 aliphatic heterocycles. The molecule has 2 aromatic carbocycles. The lowest BCUT2D eigenvalue weighted by Crippen LogP contribution is -2.29. The number of hydrogen-bond donors (Lipinski definition) is 2. The number of nitrogens with one attached hydrogen (secondary N) is 1. The lowest BCUT2D eigenvalue weighted by atomic mass is 9.90. The zero-order valence-electron chi connectivity index (χ0n) is 25.0. The SMILES string of the molecule is CN=CC(=CN)SNc1nc(Oc2ccc(C3CCN(C)CC3)cc2)c(CC(F)(F)F)c(-c2ccccc2CC(C)C)n1. The molecular weight excluding hydrogens is 573 g/mol. The number of hydrogen-bond acceptors (Lipinski definition) is 8. The number of aromatic nitrogens is 2. The molecule has 1 aliphatic rings. The molecule has 0 spiro atoms. The summed E-state index contributed by atoms with van der Waals surface area (Å²) in [6, 6.07) is 15.0. The van der Waals surface area contributed by atoms with E-state index in [1.807, 2.05) is 24.3 Å². The van der Waals surface area contributed by atoms with Crippen molar-refractivity contribution >= 4 is 24.1 Å². The van der Waals surface area contributed by atoms with Crippen molar-refractivity contribution in [2.45, 2.75) is 51.6 Å². The molecule has 1 aromatic heterocycles. The van der Waals surface area contributed by atoms with Crippen LogP contribution >= 0.6 is 11.9 Å². The molecule has 3 aromatic rings. The van der Waals surface area contributed by atoms with Gasteiger partial charge in [-0.25, -0.2) is 4.98 Å². The molecule has 11 heteroatoms. The number of likely N-dealkylation sites (tertiary alicyclic amines) is 1. The van der Waals surface area contributed by atoms with Crippen LogP contribution in [0.15, 0.2) is 64.6 Å². The van der Waals surface area contributed by atoms with Gasteiger partial charge < -0.3 is 15.4 Å². The zero-order valence-corrected chi connectivity index (χ0v) is 25.8. The number of aliphatic imine (C=N–C) groups is 1. The largest absolute Gasteiger partial charge is 0.439 e. The van der Waals surface area contributed by atoms with Gasteiger partial charge in [-0.3, -0.25) is 9.71 Å². The first kappa shape index (κ1) is 32.3. The van der Waals surface area contributed by atoms with E-state index >= 15 is 0 Å². The number of halogens is 3. The van der Waals surface area contributed by atoms with E-state index in [1.165, 1.54) is 11.8 Å². The van der Waals surface area contributed by atoms with Crippen LogP contribution in [0.2, 0.25) is 0 Å². The fourth-order valence-electron chi connectivity index (χ4n) is 5.14. The number of ether oxygens (including phenoxy) is 1. The van der Waals surface area contributed by atoms with Crippen LogP contribution in [0.5, 0.6) is 11.6 Å². The van der Waals surface area contributed by atoms with Crippen molar-refractivity contribution < 1.29 is 17.9 Å². The Labute approximate surface area is 256 Å². The summed E-state index contributed by atoms with van der Waals surface area (Å²) in [5.41, 5.74) is 8.45. The van der Waals surface area contributed by atoms with E-state index in [1.54, 1.807) is 37.5 Å². The van der Waals surface area contributed by atoms with E-state index in [-0.39, 0.29) is 29.0 Å². The van der Waals surface area contributed by atoms with Crippen LogP contribution in [-0.4, -0.2) is 54.4 Å². The van der Waals surface area contributed by atoms with Crippen molar-refractivity contribution in [1.82, 2.24) is 14.9 Å². The minimum absolute atomic E-state index is 0.0899. The van der Waals surface area contributed by atoms with Crippen LogP contribution in [0.25, 0.3) is 11.3 Å². The van der Waals surface area contributed by atoms with Gasteiger partial charge in [0, 0.05) is 25.0 Å². The van der Waals surface area contributed by atoms with Crippen LogP contribution in [-0.2, 0) is 12.8 Å². The Balaban J connectivity index is 1.78. The molecule has 2 heterocycles. The fourth-order valence-corrected chi connectivity index (χ4v) is 5.67. The molecule has 43 heavy (non-hydrogen) atoms. The highest BCUT2D eigenvalue weighted by Crippen LogP contribution is 2.39. The number of nitrogens with two attached hydrogens (primary N) is 1. The predicted octanol–water partition coefficient (Wildman–Crippen LogP) is 7.61. The number of anilines is 1. The second-order valence-corrected chi connectivity index (χ2v) is 12.0. The third-order valence-electron chi connectivity index (χ3n) is 7.21. The minimum atomic E-state index is -4.52. The fraction of sp³-hybridized carbons (Fsp3) is 0.406. The van der Waals surface area contributed by atoms with Gasteiger partial charge in [0.15, 0.2) is 0 Å². The van der Waals surface area contributed by atoms with Crippen LogP contribution in [0.3, 0.4) is 0 Å². The number of alkyl halides is 3. The summed E-state index contributed by atoms with van der Waals surface area (Å²) < 4.78 is 51.4. The number of benzene rings is 2. The van der Waals surface area contributed by atoms with Gasteiger partial charge >= 0.3 is 6.18 Å². The number of piperidine rings is 1. The first-order chi connectivity index (χ1) is 20.6. The quantitative estimate of drug-likeness (QED) is 0.170. The summed E-state index contributed by atoms with van der Waals surface area (Å²) >= 11 is 1.10. The highest BCUT2D eigenvalue weighted by Gasteiger charge is 2.33. The second-order valence-electron chi connectivity index (χ2n) is 11.1. The number of allylic oxidation sites excluding steroid dienone is 1. The molecule has 7 nitrogen and oxygen atoms in total. The summed E-state index contributed by atoms with van der Waals surface area (Å²) in [6.07, 6.45) is -0.0466. The highest BCUT2D eigenvalue weighted by molar-refractivity contribution is 8.05. The molecular formula is C32H39F3N6OS. The molecule has 4 rings (SSSR count). The Morgan fingerprint density at radius 3 is 2.47 bits per heavy atom. The lowest BCUT2D eigenvalue weighted by Gasteiger charge is -2.29. The van der Waals surface area contributed by atoms with Crippen LogP contribution in [0.1, 0.15) is 49.3 Å². The zero-order chi connectivity index (χ0) is 31.0. The first-order valence-electron chi connectivity index (χ1n) is 14.4. The van der Waals surface area contributed by atoms with Crippen LogP contribution < -0.4 is 15.2 Å². The molecule has 0 unspecified atom stereocenters. The molecule has 1 fully saturated rings. The van der Waals surface area contributed by atoms with Gasteiger partial charge in [0.05, 0.1) is 22.6 Å². The monoisotopic (exact) mass is 612 g/mol. The molecule has 0 amide bonds. The van der Waals surface area contributed by atoms with Gasteiger partial charge in [-0.05, 0) is 86.4 Å². The van der Waals surface area contributed by atoms with Crippen molar-refractivity contribution in [3.8, 4) is 22.9 Å². The van der Waals surface area contributed by atoms with E-state index in [9.17, 15) is 13.2 Å². The molecule has 0 radical (unpaired) electrons. The summed E-state index contributed by atoms with van der Waals surface area (Å²) in [5, 5.41) is 0. The van der Waals surface area contributed by atoms with E-state index in [2.05, 4.69) is 45.5 Å². The van der Waals surface area contributed by atoms with Gasteiger partial charge in [0.25, 0.3) is 0 Å². The van der Waals surface area contributed by atoms with E-state index in [0.717, 1.165) is 43.4 Å². The number of rotatable bonds is 11. The number of nitrogens with zero attached hydrogens (tertiary/aromatic N) is 4. The molecule has 0 bridgehead atoms. The van der Waals surface area contributed by atoms with Crippen molar-refractivity contribution in [2.24, 2.45) is 16.6 Å². The average molecular weight is 613 g/mol.